The average molecular weight is 273 g/mol. The SMILES string of the molecule is O=C(c1cccc(-c2nn[nH]n2)c1)N1CCCC(O)C1. The second-order valence-corrected chi connectivity index (χ2v) is 4.86. The Bertz CT molecular complexity index is 599. The lowest BCUT2D eigenvalue weighted by Crippen LogP contribution is -2.42. The quantitative estimate of drug-likeness (QED) is 0.829. The van der Waals surface area contributed by atoms with Gasteiger partial charge in [0.1, 0.15) is 0 Å². The van der Waals surface area contributed by atoms with Crippen molar-refractivity contribution in [1.82, 2.24) is 25.5 Å². The van der Waals surface area contributed by atoms with Gasteiger partial charge >= 0.3 is 0 Å². The number of nitrogens with zero attached hydrogens (tertiary/aromatic N) is 4. The van der Waals surface area contributed by atoms with E-state index in [1.165, 1.54) is 0 Å². The number of tetrazole rings is 1. The summed E-state index contributed by atoms with van der Waals surface area (Å²) in [6, 6.07) is 7.12. The summed E-state index contributed by atoms with van der Waals surface area (Å²) < 4.78 is 0. The van der Waals surface area contributed by atoms with Crippen LogP contribution in [0.4, 0.5) is 0 Å². The summed E-state index contributed by atoms with van der Waals surface area (Å²) in [6.07, 6.45) is 1.16. The van der Waals surface area contributed by atoms with Crippen LogP contribution in [0, 0.1) is 0 Å². The first-order valence-corrected chi connectivity index (χ1v) is 6.55. The minimum Gasteiger partial charge on any atom is -0.391 e. The van der Waals surface area contributed by atoms with E-state index in [0.29, 0.717) is 24.5 Å². The van der Waals surface area contributed by atoms with Crippen molar-refractivity contribution in [3.63, 3.8) is 0 Å². The maximum Gasteiger partial charge on any atom is 0.253 e. The Balaban J connectivity index is 1.83. The van der Waals surface area contributed by atoms with Gasteiger partial charge in [-0.2, -0.15) is 5.21 Å². The smallest absolute Gasteiger partial charge is 0.253 e. The highest BCUT2D eigenvalue weighted by atomic mass is 16.3. The van der Waals surface area contributed by atoms with Gasteiger partial charge in [-0.05, 0) is 30.2 Å². The highest BCUT2D eigenvalue weighted by molar-refractivity contribution is 5.95. The third-order valence-corrected chi connectivity index (χ3v) is 3.40. The molecule has 0 spiro atoms. The van der Waals surface area contributed by atoms with E-state index in [1.807, 2.05) is 6.07 Å². The molecule has 1 unspecified atom stereocenters. The molecule has 3 rings (SSSR count). The standard InChI is InChI=1S/C13H15N5O2/c19-11-5-2-6-18(8-11)13(20)10-4-1-3-9(7-10)12-14-16-17-15-12/h1,3-4,7,11,19H,2,5-6,8H2,(H,14,15,16,17). The first kappa shape index (κ1) is 12.7. The Morgan fingerprint density at radius 3 is 3.10 bits per heavy atom. The van der Waals surface area contributed by atoms with Crippen LogP contribution in [0.15, 0.2) is 24.3 Å². The molecule has 0 aliphatic carbocycles. The van der Waals surface area contributed by atoms with Crippen LogP contribution in [0.5, 0.6) is 0 Å². The largest absolute Gasteiger partial charge is 0.391 e. The molecule has 0 saturated carbocycles. The van der Waals surface area contributed by atoms with E-state index in [1.54, 1.807) is 23.1 Å². The van der Waals surface area contributed by atoms with E-state index in [4.69, 9.17) is 0 Å². The van der Waals surface area contributed by atoms with E-state index in [0.717, 1.165) is 18.4 Å². The minimum atomic E-state index is -0.423. The summed E-state index contributed by atoms with van der Waals surface area (Å²) in [6.45, 7) is 1.08. The molecule has 1 aliphatic rings. The molecule has 104 valence electrons. The lowest BCUT2D eigenvalue weighted by atomic mass is 10.1. The second kappa shape index (κ2) is 5.38. The van der Waals surface area contributed by atoms with Crippen LogP contribution in [-0.2, 0) is 0 Å². The molecule has 0 radical (unpaired) electrons. The fourth-order valence-electron chi connectivity index (χ4n) is 2.40. The first-order chi connectivity index (χ1) is 9.74. The van der Waals surface area contributed by atoms with Gasteiger partial charge in [-0.15, -0.1) is 10.2 Å². The zero-order valence-corrected chi connectivity index (χ0v) is 10.9. The number of H-pyrrole nitrogens is 1. The van der Waals surface area contributed by atoms with Gasteiger partial charge in [0.15, 0.2) is 0 Å². The summed E-state index contributed by atoms with van der Waals surface area (Å²) in [5, 5.41) is 23.3. The Hall–Kier alpha value is -2.28. The van der Waals surface area contributed by atoms with Crippen LogP contribution in [0.3, 0.4) is 0 Å². The van der Waals surface area contributed by atoms with Gasteiger partial charge in [0.05, 0.1) is 6.10 Å². The number of β-amino-alcohol motifs (C(OH)–C–C–N with tert-alkyl or cyclic N) is 1. The number of nitrogens with one attached hydrogen (secondary N) is 1. The van der Waals surface area contributed by atoms with Crippen molar-refractivity contribution in [3.05, 3.63) is 29.8 Å². The summed E-state index contributed by atoms with van der Waals surface area (Å²) in [4.78, 5) is 14.1. The highest BCUT2D eigenvalue weighted by Gasteiger charge is 2.23. The van der Waals surface area contributed by atoms with E-state index >= 15 is 0 Å². The molecular formula is C13H15N5O2. The normalized spacial score (nSPS) is 19.1. The summed E-state index contributed by atoms with van der Waals surface area (Å²) in [7, 11) is 0. The number of benzene rings is 1. The van der Waals surface area contributed by atoms with Gasteiger partial charge in [0.2, 0.25) is 5.82 Å². The number of aliphatic hydroxyl groups excluding tert-OH is 1. The molecule has 7 heteroatoms. The molecule has 1 aliphatic heterocycles. The highest BCUT2D eigenvalue weighted by Crippen LogP contribution is 2.18. The van der Waals surface area contributed by atoms with Gasteiger partial charge in [-0.1, -0.05) is 12.1 Å². The maximum absolute atomic E-state index is 12.4. The average Bonchev–Trinajstić information content (AvgIpc) is 3.01. The van der Waals surface area contributed by atoms with E-state index in [9.17, 15) is 9.90 Å². The number of hydrogen-bond acceptors (Lipinski definition) is 5. The number of carbonyl (C=O) groups excluding carboxylic acids is 1. The molecule has 1 atom stereocenters. The topological polar surface area (TPSA) is 95.0 Å². The molecule has 2 N–H and O–H groups in total. The van der Waals surface area contributed by atoms with Gasteiger partial charge in [-0.3, -0.25) is 4.79 Å². The van der Waals surface area contributed by atoms with Crippen LogP contribution in [0.25, 0.3) is 11.4 Å². The molecule has 1 aromatic carbocycles. The predicted molar refractivity (Wildman–Crippen MR) is 70.8 cm³/mol. The van der Waals surface area contributed by atoms with Gasteiger partial charge in [0, 0.05) is 24.2 Å². The summed E-state index contributed by atoms with van der Waals surface area (Å²) in [5.74, 6) is 0.382. The number of carbonyl (C=O) groups is 1. The lowest BCUT2D eigenvalue weighted by Gasteiger charge is -2.30. The molecule has 2 aromatic rings. The van der Waals surface area contributed by atoms with Crippen molar-refractivity contribution in [2.45, 2.75) is 18.9 Å². The predicted octanol–water partition coefficient (Wildman–Crippen LogP) is 0.464. The van der Waals surface area contributed by atoms with Crippen LogP contribution in [0.1, 0.15) is 23.2 Å². The van der Waals surface area contributed by atoms with Crippen LogP contribution in [0.2, 0.25) is 0 Å². The Labute approximate surface area is 115 Å². The summed E-state index contributed by atoms with van der Waals surface area (Å²) in [5.41, 5.74) is 1.31. The van der Waals surface area contributed by atoms with Crippen LogP contribution >= 0.6 is 0 Å². The van der Waals surface area contributed by atoms with Crippen LogP contribution < -0.4 is 0 Å². The number of piperidine rings is 1. The van der Waals surface area contributed by atoms with E-state index in [2.05, 4.69) is 20.6 Å². The number of rotatable bonds is 2. The number of aliphatic hydroxyl groups is 1. The number of hydrogen-bond donors (Lipinski definition) is 2. The van der Waals surface area contributed by atoms with Crippen molar-refractivity contribution >= 4 is 5.91 Å². The maximum atomic E-state index is 12.4. The first-order valence-electron chi connectivity index (χ1n) is 6.55. The van der Waals surface area contributed by atoms with Crippen molar-refractivity contribution in [2.24, 2.45) is 0 Å². The minimum absolute atomic E-state index is 0.0749. The molecule has 1 aromatic heterocycles. The molecule has 1 amide bonds. The molecule has 7 nitrogen and oxygen atoms in total. The monoisotopic (exact) mass is 273 g/mol. The van der Waals surface area contributed by atoms with Gasteiger partial charge in [-0.25, -0.2) is 0 Å². The molecule has 0 bridgehead atoms. The second-order valence-electron chi connectivity index (χ2n) is 4.86. The van der Waals surface area contributed by atoms with Crippen molar-refractivity contribution in [1.29, 1.82) is 0 Å². The fourth-order valence-corrected chi connectivity index (χ4v) is 2.40. The zero-order chi connectivity index (χ0) is 13.9. The molecule has 20 heavy (non-hydrogen) atoms. The Morgan fingerprint density at radius 2 is 2.35 bits per heavy atom. The fraction of sp³-hybridized carbons (Fsp3) is 0.385. The number of likely N-dealkylation sites (tertiary alicyclic amines) is 1. The summed E-state index contributed by atoms with van der Waals surface area (Å²) >= 11 is 0. The van der Waals surface area contributed by atoms with Crippen molar-refractivity contribution < 1.29 is 9.90 Å². The van der Waals surface area contributed by atoms with Gasteiger partial charge in [0.25, 0.3) is 5.91 Å². The number of amides is 1. The molecule has 2 heterocycles. The lowest BCUT2D eigenvalue weighted by molar-refractivity contribution is 0.0474. The Kier molecular flexibility index (Phi) is 3.42. The Morgan fingerprint density at radius 1 is 1.45 bits per heavy atom. The number of aromatic nitrogens is 4. The third-order valence-electron chi connectivity index (χ3n) is 3.40. The van der Waals surface area contributed by atoms with E-state index in [-0.39, 0.29) is 5.91 Å². The van der Waals surface area contributed by atoms with Crippen molar-refractivity contribution in [2.75, 3.05) is 13.1 Å². The molecule has 1 fully saturated rings. The van der Waals surface area contributed by atoms with Crippen LogP contribution in [-0.4, -0.2) is 55.7 Å². The van der Waals surface area contributed by atoms with Gasteiger partial charge < -0.3 is 10.0 Å². The third kappa shape index (κ3) is 2.53. The zero-order valence-electron chi connectivity index (χ0n) is 10.9. The molecule has 1 saturated heterocycles. The number of aromatic amines is 1. The molecular weight excluding hydrogens is 258 g/mol. The van der Waals surface area contributed by atoms with E-state index < -0.39 is 6.10 Å². The van der Waals surface area contributed by atoms with Crippen molar-refractivity contribution in [3.8, 4) is 11.4 Å².